The Morgan fingerprint density at radius 2 is 2.05 bits per heavy atom. The molecule has 0 fully saturated rings. The highest BCUT2D eigenvalue weighted by molar-refractivity contribution is 7.90. The minimum Gasteiger partial charge on any atom is -0.396 e. The Hall–Kier alpha value is -1.40. The Kier molecular flexibility index (Phi) is 5.08. The monoisotopic (exact) mass is 285 g/mol. The molecule has 1 unspecified atom stereocenters. The van der Waals surface area contributed by atoms with Gasteiger partial charge in [0, 0.05) is 25.0 Å². The number of aliphatic hydroxyl groups excluding tert-OH is 1. The van der Waals surface area contributed by atoms with Gasteiger partial charge in [-0.2, -0.15) is 0 Å². The Labute approximate surface area is 113 Å². The maximum atomic E-state index is 12.0. The van der Waals surface area contributed by atoms with Gasteiger partial charge in [-0.15, -0.1) is 0 Å². The van der Waals surface area contributed by atoms with Crippen molar-refractivity contribution in [2.75, 3.05) is 19.4 Å². The molecule has 1 rings (SSSR count). The summed E-state index contributed by atoms with van der Waals surface area (Å²) in [5, 5.41) is 11.6. The van der Waals surface area contributed by atoms with Crippen LogP contribution in [0.4, 0.5) is 0 Å². The van der Waals surface area contributed by atoms with E-state index < -0.39 is 9.84 Å². The number of benzene rings is 1. The van der Waals surface area contributed by atoms with E-state index in [1.54, 1.807) is 19.9 Å². The number of sulfone groups is 1. The van der Waals surface area contributed by atoms with Crippen molar-refractivity contribution in [3.05, 3.63) is 29.3 Å². The van der Waals surface area contributed by atoms with Crippen LogP contribution in [0.2, 0.25) is 0 Å². The molecule has 0 aliphatic carbocycles. The molecule has 0 bridgehead atoms. The quantitative estimate of drug-likeness (QED) is 0.836. The minimum absolute atomic E-state index is 0.0113. The first-order valence-electron chi connectivity index (χ1n) is 5.95. The fraction of sp³-hybridized carbons (Fsp3) is 0.462. The normalized spacial score (nSPS) is 13.1. The third-order valence-corrected chi connectivity index (χ3v) is 3.91. The smallest absolute Gasteiger partial charge is 0.251 e. The van der Waals surface area contributed by atoms with Crippen molar-refractivity contribution in [2.45, 2.75) is 18.7 Å². The Morgan fingerprint density at radius 1 is 1.42 bits per heavy atom. The fourth-order valence-corrected chi connectivity index (χ4v) is 2.15. The van der Waals surface area contributed by atoms with Crippen LogP contribution in [0.15, 0.2) is 23.1 Å². The Morgan fingerprint density at radius 3 is 2.58 bits per heavy atom. The third-order valence-electron chi connectivity index (χ3n) is 2.80. The summed E-state index contributed by atoms with van der Waals surface area (Å²) in [4.78, 5) is 12.1. The molecule has 1 aromatic rings. The number of hydrogen-bond donors (Lipinski definition) is 2. The van der Waals surface area contributed by atoms with Gasteiger partial charge >= 0.3 is 0 Å². The molecule has 5 nitrogen and oxygen atoms in total. The van der Waals surface area contributed by atoms with E-state index in [-0.39, 0.29) is 23.3 Å². The molecule has 6 heteroatoms. The maximum absolute atomic E-state index is 12.0. The molecule has 0 spiro atoms. The lowest BCUT2D eigenvalue weighted by molar-refractivity contribution is 0.0941. The van der Waals surface area contributed by atoms with Gasteiger partial charge < -0.3 is 10.4 Å². The molecule has 0 saturated heterocycles. The summed E-state index contributed by atoms with van der Waals surface area (Å²) in [5.74, 6) is -0.370. The van der Waals surface area contributed by atoms with E-state index in [0.29, 0.717) is 17.7 Å². The summed E-state index contributed by atoms with van der Waals surface area (Å²) in [6.45, 7) is 3.89. The number of amides is 1. The van der Waals surface area contributed by atoms with E-state index in [1.165, 1.54) is 12.1 Å². The number of carbonyl (C=O) groups is 1. The zero-order valence-corrected chi connectivity index (χ0v) is 12.1. The lowest BCUT2D eigenvalue weighted by Gasteiger charge is -2.12. The van der Waals surface area contributed by atoms with Crippen molar-refractivity contribution in [1.82, 2.24) is 5.32 Å². The third kappa shape index (κ3) is 4.33. The number of nitrogens with one attached hydrogen (secondary N) is 1. The van der Waals surface area contributed by atoms with Crippen molar-refractivity contribution >= 4 is 15.7 Å². The Bertz CT molecular complexity index is 566. The van der Waals surface area contributed by atoms with E-state index in [0.717, 1.165) is 6.26 Å². The predicted octanol–water partition coefficient (Wildman–Crippen LogP) is 0.757. The lowest BCUT2D eigenvalue weighted by Crippen LogP contribution is -2.30. The first kappa shape index (κ1) is 15.7. The second-order valence-electron chi connectivity index (χ2n) is 4.75. The van der Waals surface area contributed by atoms with Gasteiger partial charge in [0.15, 0.2) is 9.84 Å². The summed E-state index contributed by atoms with van der Waals surface area (Å²) < 4.78 is 22.9. The largest absolute Gasteiger partial charge is 0.396 e. The average molecular weight is 285 g/mol. The summed E-state index contributed by atoms with van der Waals surface area (Å²) in [6, 6.07) is 4.47. The summed E-state index contributed by atoms with van der Waals surface area (Å²) >= 11 is 0. The lowest BCUT2D eigenvalue weighted by atomic mass is 10.1. The highest BCUT2D eigenvalue weighted by Gasteiger charge is 2.14. The van der Waals surface area contributed by atoms with Crippen LogP contribution in [-0.4, -0.2) is 38.8 Å². The van der Waals surface area contributed by atoms with Gasteiger partial charge in [-0.3, -0.25) is 4.79 Å². The topological polar surface area (TPSA) is 83.5 Å². The average Bonchev–Trinajstić information content (AvgIpc) is 2.34. The highest BCUT2D eigenvalue weighted by Crippen LogP contribution is 2.15. The van der Waals surface area contributed by atoms with Crippen LogP contribution in [0.25, 0.3) is 0 Å². The van der Waals surface area contributed by atoms with Crippen molar-refractivity contribution in [3.8, 4) is 0 Å². The van der Waals surface area contributed by atoms with E-state index in [4.69, 9.17) is 5.11 Å². The Balaban J connectivity index is 2.96. The maximum Gasteiger partial charge on any atom is 0.251 e. The van der Waals surface area contributed by atoms with Crippen molar-refractivity contribution in [1.29, 1.82) is 0 Å². The van der Waals surface area contributed by atoms with Gasteiger partial charge in [-0.1, -0.05) is 13.0 Å². The van der Waals surface area contributed by atoms with Gasteiger partial charge in [0.1, 0.15) is 0 Å². The standard InChI is InChI=1S/C13H19NO4S/c1-9(8-15)7-14-13(16)12-6-11(19(3,17)18)5-4-10(12)2/h4-6,9,15H,7-8H2,1-3H3,(H,14,16). The van der Waals surface area contributed by atoms with Crippen LogP contribution in [0.5, 0.6) is 0 Å². The predicted molar refractivity (Wildman–Crippen MR) is 72.9 cm³/mol. The first-order valence-corrected chi connectivity index (χ1v) is 7.84. The van der Waals surface area contributed by atoms with Crippen LogP contribution < -0.4 is 5.32 Å². The van der Waals surface area contributed by atoms with Gasteiger partial charge in [0.2, 0.25) is 0 Å². The summed E-state index contributed by atoms with van der Waals surface area (Å²) in [7, 11) is -3.33. The molecule has 2 N–H and O–H groups in total. The van der Waals surface area contributed by atoms with Crippen molar-refractivity contribution < 1.29 is 18.3 Å². The van der Waals surface area contributed by atoms with E-state index in [1.807, 2.05) is 0 Å². The molecule has 1 atom stereocenters. The fourth-order valence-electron chi connectivity index (χ4n) is 1.50. The number of rotatable bonds is 5. The van der Waals surface area contributed by atoms with Gasteiger partial charge in [0.25, 0.3) is 5.91 Å². The first-order chi connectivity index (χ1) is 8.75. The zero-order chi connectivity index (χ0) is 14.6. The second kappa shape index (κ2) is 6.16. The van der Waals surface area contributed by atoms with E-state index in [9.17, 15) is 13.2 Å². The van der Waals surface area contributed by atoms with Gasteiger partial charge in [-0.25, -0.2) is 8.42 Å². The van der Waals surface area contributed by atoms with Crippen LogP contribution in [-0.2, 0) is 9.84 Å². The van der Waals surface area contributed by atoms with Gasteiger partial charge in [-0.05, 0) is 30.5 Å². The molecule has 0 aromatic heterocycles. The SMILES string of the molecule is Cc1ccc(S(C)(=O)=O)cc1C(=O)NCC(C)CO. The van der Waals surface area contributed by atoms with E-state index >= 15 is 0 Å². The molecule has 1 aromatic carbocycles. The van der Waals surface area contributed by atoms with Crippen LogP contribution >= 0.6 is 0 Å². The number of carbonyl (C=O) groups excluding carboxylic acids is 1. The molecule has 0 aliphatic heterocycles. The van der Waals surface area contributed by atoms with Crippen molar-refractivity contribution in [3.63, 3.8) is 0 Å². The molecule has 1 amide bonds. The minimum atomic E-state index is -3.33. The molecule has 0 heterocycles. The summed E-state index contributed by atoms with van der Waals surface area (Å²) in [5.41, 5.74) is 1.05. The molecule has 0 aliphatic rings. The highest BCUT2D eigenvalue weighted by atomic mass is 32.2. The van der Waals surface area contributed by atoms with E-state index in [2.05, 4.69) is 5.32 Å². The molecular formula is C13H19NO4S. The molecular weight excluding hydrogens is 266 g/mol. The summed E-state index contributed by atoms with van der Waals surface area (Å²) in [6.07, 6.45) is 1.10. The molecule has 106 valence electrons. The van der Waals surface area contributed by atoms with Crippen molar-refractivity contribution in [2.24, 2.45) is 5.92 Å². The van der Waals surface area contributed by atoms with Crippen LogP contribution in [0.1, 0.15) is 22.8 Å². The van der Waals surface area contributed by atoms with Gasteiger partial charge in [0.05, 0.1) is 4.90 Å². The zero-order valence-electron chi connectivity index (χ0n) is 11.3. The van der Waals surface area contributed by atoms with Crippen LogP contribution in [0.3, 0.4) is 0 Å². The molecule has 19 heavy (non-hydrogen) atoms. The van der Waals surface area contributed by atoms with Crippen LogP contribution in [0, 0.1) is 12.8 Å². The molecule has 0 saturated carbocycles. The number of aliphatic hydroxyl groups is 1. The number of hydrogen-bond acceptors (Lipinski definition) is 4. The second-order valence-corrected chi connectivity index (χ2v) is 6.76. The molecule has 0 radical (unpaired) electrons. The number of aryl methyl sites for hydroxylation is 1.